The number of hydrogen-bond acceptors (Lipinski definition) is 4. The van der Waals surface area contributed by atoms with Crippen LogP contribution in [-0.2, 0) is 6.42 Å². The summed E-state index contributed by atoms with van der Waals surface area (Å²) in [4.78, 5) is 10.9. The molecule has 0 atom stereocenters. The molecule has 0 amide bonds. The van der Waals surface area contributed by atoms with E-state index in [1.54, 1.807) is 0 Å². The molecule has 18 heavy (non-hydrogen) atoms. The van der Waals surface area contributed by atoms with E-state index in [2.05, 4.69) is 21.1 Å². The molecule has 2 aromatic rings. The third-order valence-electron chi connectivity index (χ3n) is 2.79. The molecule has 1 aliphatic rings. The summed E-state index contributed by atoms with van der Waals surface area (Å²) in [5.74, 6) is 0.163. The molecule has 0 aliphatic carbocycles. The van der Waals surface area contributed by atoms with Gasteiger partial charge in [0, 0.05) is 12.0 Å². The van der Waals surface area contributed by atoms with Gasteiger partial charge >= 0.3 is 5.97 Å². The van der Waals surface area contributed by atoms with Crippen molar-refractivity contribution < 1.29 is 19.2 Å². The van der Waals surface area contributed by atoms with E-state index >= 15 is 0 Å². The summed E-state index contributed by atoms with van der Waals surface area (Å²) in [5.41, 5.74) is 1.75. The SMILES string of the molecule is O=C(O)c1noc(-c2ccc3c(c2)CCO3)c1Br. The quantitative estimate of drug-likeness (QED) is 0.923. The Labute approximate surface area is 110 Å². The molecule has 0 unspecified atom stereocenters. The van der Waals surface area contributed by atoms with Crippen LogP contribution in [0.15, 0.2) is 27.2 Å². The largest absolute Gasteiger partial charge is 0.493 e. The predicted molar refractivity (Wildman–Crippen MR) is 65.8 cm³/mol. The Morgan fingerprint density at radius 3 is 3.00 bits per heavy atom. The van der Waals surface area contributed by atoms with E-state index in [1.165, 1.54) is 0 Å². The summed E-state index contributed by atoms with van der Waals surface area (Å²) in [5, 5.41) is 12.4. The maximum Gasteiger partial charge on any atom is 0.359 e. The first kappa shape index (κ1) is 11.3. The van der Waals surface area contributed by atoms with Crippen LogP contribution in [0.4, 0.5) is 0 Å². The first-order valence-electron chi connectivity index (χ1n) is 5.31. The Morgan fingerprint density at radius 2 is 2.28 bits per heavy atom. The van der Waals surface area contributed by atoms with Crippen LogP contribution >= 0.6 is 15.9 Å². The van der Waals surface area contributed by atoms with Crippen molar-refractivity contribution in [2.45, 2.75) is 6.42 Å². The Hall–Kier alpha value is -1.82. The molecule has 3 rings (SSSR count). The van der Waals surface area contributed by atoms with Crippen molar-refractivity contribution in [3.63, 3.8) is 0 Å². The molecule has 1 aliphatic heterocycles. The van der Waals surface area contributed by atoms with Crippen LogP contribution < -0.4 is 4.74 Å². The lowest BCUT2D eigenvalue weighted by atomic mass is 10.1. The summed E-state index contributed by atoms with van der Waals surface area (Å²) in [6, 6.07) is 5.60. The highest BCUT2D eigenvalue weighted by atomic mass is 79.9. The van der Waals surface area contributed by atoms with E-state index in [0.717, 1.165) is 23.3 Å². The zero-order chi connectivity index (χ0) is 12.7. The van der Waals surface area contributed by atoms with Crippen LogP contribution in [-0.4, -0.2) is 22.8 Å². The second-order valence-corrected chi connectivity index (χ2v) is 4.69. The minimum Gasteiger partial charge on any atom is -0.493 e. The monoisotopic (exact) mass is 309 g/mol. The number of carboxylic acids is 1. The summed E-state index contributed by atoms with van der Waals surface area (Å²) < 4.78 is 10.9. The number of rotatable bonds is 2. The number of benzene rings is 1. The molecular weight excluding hydrogens is 302 g/mol. The standard InChI is InChI=1S/C12H8BrNO4/c13-9-10(12(15)16)14-18-11(9)7-1-2-8-6(5-7)3-4-17-8/h1-2,5H,3-4H2,(H,15,16). The van der Waals surface area contributed by atoms with Gasteiger partial charge in [0.05, 0.1) is 6.61 Å². The van der Waals surface area contributed by atoms with Crippen molar-refractivity contribution in [3.05, 3.63) is 33.9 Å². The second-order valence-electron chi connectivity index (χ2n) is 3.90. The fourth-order valence-electron chi connectivity index (χ4n) is 1.92. The average Bonchev–Trinajstić information content (AvgIpc) is 2.93. The predicted octanol–water partition coefficient (Wildman–Crippen LogP) is 2.74. The maximum absolute atomic E-state index is 10.9. The molecule has 5 nitrogen and oxygen atoms in total. The Balaban J connectivity index is 2.07. The molecule has 0 radical (unpaired) electrons. The number of aromatic nitrogens is 1. The van der Waals surface area contributed by atoms with Crippen LogP contribution in [0.3, 0.4) is 0 Å². The van der Waals surface area contributed by atoms with Crippen LogP contribution in [0.25, 0.3) is 11.3 Å². The number of fused-ring (bicyclic) bond motifs is 1. The number of halogens is 1. The van der Waals surface area contributed by atoms with Gasteiger partial charge in [-0.3, -0.25) is 0 Å². The number of nitrogens with zero attached hydrogens (tertiary/aromatic N) is 1. The van der Waals surface area contributed by atoms with E-state index in [9.17, 15) is 4.79 Å². The van der Waals surface area contributed by atoms with Gasteiger partial charge in [-0.1, -0.05) is 5.16 Å². The third-order valence-corrected chi connectivity index (χ3v) is 3.53. The van der Waals surface area contributed by atoms with Gasteiger partial charge in [-0.25, -0.2) is 4.79 Å². The zero-order valence-corrected chi connectivity index (χ0v) is 10.7. The lowest BCUT2D eigenvalue weighted by molar-refractivity contribution is 0.0685. The van der Waals surface area contributed by atoms with Crippen LogP contribution in [0.1, 0.15) is 16.1 Å². The van der Waals surface area contributed by atoms with Gasteiger partial charge in [0.1, 0.15) is 10.2 Å². The normalized spacial score (nSPS) is 13.2. The second kappa shape index (κ2) is 4.13. The van der Waals surface area contributed by atoms with Crippen molar-refractivity contribution in [2.75, 3.05) is 6.61 Å². The lowest BCUT2D eigenvalue weighted by Gasteiger charge is -2.01. The van der Waals surface area contributed by atoms with E-state index in [4.69, 9.17) is 14.4 Å². The van der Waals surface area contributed by atoms with Gasteiger partial charge in [0.15, 0.2) is 5.76 Å². The molecule has 2 heterocycles. The molecule has 0 bridgehead atoms. The van der Waals surface area contributed by atoms with Gasteiger partial charge in [-0.15, -0.1) is 0 Å². The van der Waals surface area contributed by atoms with Gasteiger partial charge in [-0.05, 0) is 39.7 Å². The molecule has 1 aromatic carbocycles. The molecule has 1 aromatic heterocycles. The van der Waals surface area contributed by atoms with E-state index < -0.39 is 5.97 Å². The number of carboxylic acid groups (broad SMARTS) is 1. The average molecular weight is 310 g/mol. The maximum atomic E-state index is 10.9. The van der Waals surface area contributed by atoms with Gasteiger partial charge in [0.25, 0.3) is 0 Å². The first-order chi connectivity index (χ1) is 8.66. The highest BCUT2D eigenvalue weighted by Gasteiger charge is 2.22. The number of hydrogen-bond donors (Lipinski definition) is 1. The Kier molecular flexibility index (Phi) is 2.59. The lowest BCUT2D eigenvalue weighted by Crippen LogP contribution is -1.96. The molecule has 92 valence electrons. The zero-order valence-electron chi connectivity index (χ0n) is 9.14. The van der Waals surface area contributed by atoms with Crippen LogP contribution in [0.5, 0.6) is 5.75 Å². The molecule has 0 saturated heterocycles. The van der Waals surface area contributed by atoms with E-state index in [-0.39, 0.29) is 5.69 Å². The summed E-state index contributed by atoms with van der Waals surface area (Å²) in [6.45, 7) is 0.677. The van der Waals surface area contributed by atoms with Gasteiger partial charge in [0.2, 0.25) is 5.69 Å². The van der Waals surface area contributed by atoms with E-state index in [0.29, 0.717) is 16.8 Å². The topological polar surface area (TPSA) is 72.6 Å². The summed E-state index contributed by atoms with van der Waals surface area (Å²) >= 11 is 3.20. The van der Waals surface area contributed by atoms with Crippen molar-refractivity contribution in [1.82, 2.24) is 5.16 Å². The highest BCUT2D eigenvalue weighted by molar-refractivity contribution is 9.10. The van der Waals surface area contributed by atoms with Crippen molar-refractivity contribution in [3.8, 4) is 17.1 Å². The molecule has 0 spiro atoms. The molecule has 0 fully saturated rings. The fraction of sp³-hybridized carbons (Fsp3) is 0.167. The molecular formula is C12H8BrNO4. The summed E-state index contributed by atoms with van der Waals surface area (Å²) in [7, 11) is 0. The third kappa shape index (κ3) is 1.69. The Bertz CT molecular complexity index is 635. The molecule has 0 saturated carbocycles. The van der Waals surface area contributed by atoms with Gasteiger partial charge in [-0.2, -0.15) is 0 Å². The Morgan fingerprint density at radius 1 is 1.44 bits per heavy atom. The fourth-order valence-corrected chi connectivity index (χ4v) is 2.46. The number of carbonyl (C=O) groups is 1. The van der Waals surface area contributed by atoms with Crippen LogP contribution in [0, 0.1) is 0 Å². The highest BCUT2D eigenvalue weighted by Crippen LogP contribution is 2.35. The first-order valence-corrected chi connectivity index (χ1v) is 6.10. The van der Waals surface area contributed by atoms with Crippen LogP contribution in [0.2, 0.25) is 0 Å². The minimum atomic E-state index is -1.12. The smallest absolute Gasteiger partial charge is 0.359 e. The molecule has 1 N–H and O–H groups in total. The minimum absolute atomic E-state index is 0.123. The number of aromatic carboxylic acids is 1. The van der Waals surface area contributed by atoms with Crippen molar-refractivity contribution in [1.29, 1.82) is 0 Å². The van der Waals surface area contributed by atoms with Crippen molar-refractivity contribution in [2.24, 2.45) is 0 Å². The summed E-state index contributed by atoms with van der Waals surface area (Å²) in [6.07, 6.45) is 0.848. The van der Waals surface area contributed by atoms with E-state index in [1.807, 2.05) is 18.2 Å². The van der Waals surface area contributed by atoms with Crippen molar-refractivity contribution >= 4 is 21.9 Å². The van der Waals surface area contributed by atoms with Gasteiger partial charge < -0.3 is 14.4 Å². The molecule has 6 heteroatoms. The number of ether oxygens (including phenoxy) is 1.